The van der Waals surface area contributed by atoms with Crippen LogP contribution in [-0.4, -0.2) is 13.7 Å². The molecule has 0 bridgehead atoms. The molecule has 12 aromatic rings. The molecule has 0 saturated carbocycles. The molecule has 12 rings (SSSR count). The van der Waals surface area contributed by atoms with E-state index in [2.05, 4.69) is 238 Å². The summed E-state index contributed by atoms with van der Waals surface area (Å²) in [6, 6.07) is 81.6. The van der Waals surface area contributed by atoms with Gasteiger partial charge in [0, 0.05) is 49.6 Å². The monoisotopic (exact) mass is 751 g/mol. The highest BCUT2D eigenvalue weighted by atomic mass is 15.1. The van der Waals surface area contributed by atoms with Crippen molar-refractivity contribution in [2.45, 2.75) is 0 Å². The van der Waals surface area contributed by atoms with Crippen molar-refractivity contribution in [2.75, 3.05) is 0 Å². The molecule has 0 spiro atoms. The third-order valence-corrected chi connectivity index (χ3v) is 12.0. The molecule has 0 atom stereocenters. The van der Waals surface area contributed by atoms with Crippen LogP contribution in [0.15, 0.2) is 224 Å². The van der Waals surface area contributed by atoms with Gasteiger partial charge >= 0.3 is 0 Å². The van der Waals surface area contributed by atoms with Gasteiger partial charge in [-0.1, -0.05) is 164 Å². The second-order valence-corrected chi connectivity index (χ2v) is 15.3. The molecular formula is C56H37N3. The van der Waals surface area contributed by atoms with Crippen LogP contribution in [-0.2, 0) is 0 Å². The summed E-state index contributed by atoms with van der Waals surface area (Å²) in [7, 11) is 0. The average Bonchev–Trinajstić information content (AvgIpc) is 3.96. The Labute approximate surface area is 341 Å². The zero-order chi connectivity index (χ0) is 38.9. The minimum atomic E-state index is 1.11. The lowest BCUT2D eigenvalue weighted by molar-refractivity contribution is 1.12. The van der Waals surface area contributed by atoms with E-state index in [0.717, 1.165) is 17.1 Å². The van der Waals surface area contributed by atoms with E-state index in [1.807, 2.05) is 0 Å². The van der Waals surface area contributed by atoms with Gasteiger partial charge in [0.25, 0.3) is 0 Å². The van der Waals surface area contributed by atoms with Gasteiger partial charge in [0.05, 0.1) is 33.3 Å². The van der Waals surface area contributed by atoms with E-state index < -0.39 is 0 Å². The molecule has 0 unspecified atom stereocenters. The summed E-state index contributed by atoms with van der Waals surface area (Å²) >= 11 is 0. The van der Waals surface area contributed by atoms with Crippen LogP contribution in [0.2, 0.25) is 0 Å². The van der Waals surface area contributed by atoms with Crippen LogP contribution in [0.25, 0.3) is 105 Å². The molecule has 0 radical (unpaired) electrons. The maximum Gasteiger partial charge on any atom is 0.0789 e. The molecule has 276 valence electrons. The molecule has 0 N–H and O–H groups in total. The van der Waals surface area contributed by atoms with E-state index in [9.17, 15) is 0 Å². The Kier molecular flexibility index (Phi) is 7.54. The Morgan fingerprint density at radius 2 is 0.695 bits per heavy atom. The van der Waals surface area contributed by atoms with Gasteiger partial charge in [-0.2, -0.15) is 0 Å². The molecule has 3 nitrogen and oxygen atoms in total. The standard InChI is InChI=1S/C56H37N3/c1-5-17-38(18-6-1)41-29-36-52-49(37-41)46-26-14-15-27-50(46)57(52)43-30-32-44(33-31-43)58-51-28-16-13-25-45(51)47-34-35-48-53(39-19-7-2-8-20-39)54(40-21-9-3-10-22-40)59(56(48)55(47)58)42-23-11-4-12-24-42/h1-37H. The zero-order valence-electron chi connectivity index (χ0n) is 32.2. The lowest BCUT2D eigenvalue weighted by Crippen LogP contribution is -2.01. The highest BCUT2D eigenvalue weighted by Gasteiger charge is 2.26. The number of aromatic nitrogens is 3. The lowest BCUT2D eigenvalue weighted by atomic mass is 9.98. The van der Waals surface area contributed by atoms with Gasteiger partial charge in [-0.15, -0.1) is 0 Å². The summed E-state index contributed by atoms with van der Waals surface area (Å²) in [5.41, 5.74) is 16.5. The number of hydrogen-bond donors (Lipinski definition) is 0. The molecular weight excluding hydrogens is 715 g/mol. The summed E-state index contributed by atoms with van der Waals surface area (Å²) in [5, 5.41) is 6.17. The molecule has 3 aromatic heterocycles. The molecule has 0 aliphatic rings. The van der Waals surface area contributed by atoms with E-state index in [1.54, 1.807) is 0 Å². The maximum atomic E-state index is 2.50. The van der Waals surface area contributed by atoms with Crippen LogP contribution in [0, 0.1) is 0 Å². The van der Waals surface area contributed by atoms with Crippen LogP contribution in [0.1, 0.15) is 0 Å². The van der Waals surface area contributed by atoms with E-state index in [4.69, 9.17) is 0 Å². The van der Waals surface area contributed by atoms with Crippen molar-refractivity contribution in [3.05, 3.63) is 224 Å². The molecule has 9 aromatic carbocycles. The van der Waals surface area contributed by atoms with Crippen molar-refractivity contribution in [1.29, 1.82) is 0 Å². The van der Waals surface area contributed by atoms with Crippen molar-refractivity contribution >= 4 is 54.5 Å². The third kappa shape index (κ3) is 5.15. The first-order valence-corrected chi connectivity index (χ1v) is 20.3. The van der Waals surface area contributed by atoms with Gasteiger partial charge in [-0.05, 0) is 82.9 Å². The predicted molar refractivity (Wildman–Crippen MR) is 248 cm³/mol. The molecule has 59 heavy (non-hydrogen) atoms. The maximum absolute atomic E-state index is 2.50. The lowest BCUT2D eigenvalue weighted by Gasteiger charge is -2.15. The number of nitrogens with zero attached hydrogens (tertiary/aromatic N) is 3. The van der Waals surface area contributed by atoms with Crippen LogP contribution in [0.3, 0.4) is 0 Å². The van der Waals surface area contributed by atoms with Gasteiger partial charge in [-0.3, -0.25) is 0 Å². The second-order valence-electron chi connectivity index (χ2n) is 15.3. The fourth-order valence-corrected chi connectivity index (χ4v) is 9.50. The molecule has 3 heteroatoms. The molecule has 0 aliphatic carbocycles. The Morgan fingerprint density at radius 1 is 0.237 bits per heavy atom. The summed E-state index contributed by atoms with van der Waals surface area (Å²) in [6.45, 7) is 0. The zero-order valence-corrected chi connectivity index (χ0v) is 32.2. The van der Waals surface area contributed by atoms with Crippen molar-refractivity contribution in [1.82, 2.24) is 13.7 Å². The summed E-state index contributed by atoms with van der Waals surface area (Å²) in [6.07, 6.45) is 0. The quantitative estimate of drug-likeness (QED) is 0.161. The fraction of sp³-hybridized carbons (Fsp3) is 0. The van der Waals surface area contributed by atoms with Gasteiger partial charge in [-0.25, -0.2) is 0 Å². The van der Waals surface area contributed by atoms with Gasteiger partial charge < -0.3 is 13.7 Å². The average molecular weight is 752 g/mol. The van der Waals surface area contributed by atoms with Gasteiger partial charge in [0.2, 0.25) is 0 Å². The summed E-state index contributed by atoms with van der Waals surface area (Å²) in [4.78, 5) is 0. The number of benzene rings is 9. The summed E-state index contributed by atoms with van der Waals surface area (Å²) in [5.74, 6) is 0. The van der Waals surface area contributed by atoms with E-state index in [1.165, 1.54) is 88.0 Å². The van der Waals surface area contributed by atoms with Crippen LogP contribution >= 0.6 is 0 Å². The smallest absolute Gasteiger partial charge is 0.0789 e. The molecule has 0 aliphatic heterocycles. The van der Waals surface area contributed by atoms with Crippen molar-refractivity contribution in [3.63, 3.8) is 0 Å². The molecule has 3 heterocycles. The van der Waals surface area contributed by atoms with E-state index >= 15 is 0 Å². The summed E-state index contributed by atoms with van der Waals surface area (Å²) < 4.78 is 7.39. The SMILES string of the molecule is c1ccc(-c2ccc3c(c2)c2ccccc2n3-c2ccc(-n3c4ccccc4c4ccc5c(-c6ccccc6)c(-c6ccccc6)n(-c6ccccc6)c5c43)cc2)cc1. The van der Waals surface area contributed by atoms with Crippen molar-refractivity contribution in [3.8, 4) is 50.6 Å². The first-order chi connectivity index (χ1) is 29.3. The number of hydrogen-bond acceptors (Lipinski definition) is 0. The Morgan fingerprint density at radius 3 is 1.36 bits per heavy atom. The Bertz CT molecular complexity index is 3500. The topological polar surface area (TPSA) is 14.8 Å². The third-order valence-electron chi connectivity index (χ3n) is 12.0. The number of rotatable bonds is 6. The van der Waals surface area contributed by atoms with Gasteiger partial charge in [0.1, 0.15) is 0 Å². The van der Waals surface area contributed by atoms with Crippen LogP contribution in [0.5, 0.6) is 0 Å². The van der Waals surface area contributed by atoms with Crippen molar-refractivity contribution < 1.29 is 0 Å². The van der Waals surface area contributed by atoms with Crippen LogP contribution < -0.4 is 0 Å². The highest BCUT2D eigenvalue weighted by molar-refractivity contribution is 6.22. The Balaban J connectivity index is 1.14. The normalized spacial score (nSPS) is 11.7. The number of para-hydroxylation sites is 3. The first kappa shape index (κ1) is 33.3. The predicted octanol–water partition coefficient (Wildman–Crippen LogP) is 14.8. The molecule has 0 saturated heterocycles. The molecule has 0 fully saturated rings. The van der Waals surface area contributed by atoms with E-state index in [0.29, 0.717) is 0 Å². The largest absolute Gasteiger partial charge is 0.309 e. The van der Waals surface area contributed by atoms with Crippen molar-refractivity contribution in [2.24, 2.45) is 0 Å². The van der Waals surface area contributed by atoms with Gasteiger partial charge in [0.15, 0.2) is 0 Å². The minimum absolute atomic E-state index is 1.11. The highest BCUT2D eigenvalue weighted by Crippen LogP contribution is 2.47. The Hall–Kier alpha value is -7.88. The van der Waals surface area contributed by atoms with Crippen LogP contribution in [0.4, 0.5) is 0 Å². The number of fused-ring (bicyclic) bond motifs is 8. The van der Waals surface area contributed by atoms with E-state index in [-0.39, 0.29) is 0 Å². The second kappa shape index (κ2) is 13.4. The molecule has 0 amide bonds. The fourth-order valence-electron chi connectivity index (χ4n) is 9.50. The first-order valence-electron chi connectivity index (χ1n) is 20.3. The minimum Gasteiger partial charge on any atom is -0.309 e.